The molecule has 0 saturated heterocycles. The van der Waals surface area contributed by atoms with Gasteiger partial charge in [0.25, 0.3) is 0 Å². The number of carbonyl (C=O) groups excluding carboxylic acids is 1. The highest BCUT2D eigenvalue weighted by Crippen LogP contribution is 2.20. The molecular weight excluding hydrogens is 399 g/mol. The molecule has 0 unspecified atom stereocenters. The van der Waals surface area contributed by atoms with E-state index < -0.39 is 21.9 Å². The van der Waals surface area contributed by atoms with Crippen molar-refractivity contribution in [3.05, 3.63) is 64.4 Å². The lowest BCUT2D eigenvalue weighted by molar-refractivity contribution is -0.116. The first-order valence-corrected chi connectivity index (χ1v) is 9.69. The molecule has 1 amide bonds. The highest BCUT2D eigenvalue weighted by molar-refractivity contribution is 9.10. The Morgan fingerprint density at radius 2 is 1.88 bits per heavy atom. The third kappa shape index (κ3) is 6.03. The first-order chi connectivity index (χ1) is 11.2. The van der Waals surface area contributed by atoms with Crippen LogP contribution < -0.4 is 10.0 Å². The van der Waals surface area contributed by atoms with E-state index in [1.165, 1.54) is 24.3 Å². The Morgan fingerprint density at radius 3 is 2.46 bits per heavy atom. The SMILES string of the molecule is CS(=O)(=O)N[C@@H](CC(=O)Nc1cccc(Br)c1)c1ccc(F)cc1. The van der Waals surface area contributed by atoms with Gasteiger partial charge in [-0.1, -0.05) is 34.1 Å². The van der Waals surface area contributed by atoms with Crippen molar-refractivity contribution >= 4 is 37.5 Å². The van der Waals surface area contributed by atoms with Crippen molar-refractivity contribution in [3.63, 3.8) is 0 Å². The van der Waals surface area contributed by atoms with Gasteiger partial charge in [0.15, 0.2) is 0 Å². The van der Waals surface area contributed by atoms with E-state index in [-0.39, 0.29) is 12.3 Å². The minimum absolute atomic E-state index is 0.120. The fraction of sp³-hybridized carbons (Fsp3) is 0.188. The van der Waals surface area contributed by atoms with Gasteiger partial charge < -0.3 is 5.32 Å². The van der Waals surface area contributed by atoms with Crippen molar-refractivity contribution in [1.29, 1.82) is 0 Å². The van der Waals surface area contributed by atoms with Gasteiger partial charge >= 0.3 is 0 Å². The molecule has 0 aliphatic rings. The van der Waals surface area contributed by atoms with E-state index >= 15 is 0 Å². The summed E-state index contributed by atoms with van der Waals surface area (Å²) in [5, 5.41) is 2.70. The average Bonchev–Trinajstić information content (AvgIpc) is 2.45. The van der Waals surface area contributed by atoms with Gasteiger partial charge in [0.1, 0.15) is 5.82 Å². The van der Waals surface area contributed by atoms with Crippen LogP contribution in [0.15, 0.2) is 53.0 Å². The van der Waals surface area contributed by atoms with Crippen LogP contribution in [0.1, 0.15) is 18.0 Å². The van der Waals surface area contributed by atoms with Gasteiger partial charge in [-0.2, -0.15) is 0 Å². The third-order valence-electron chi connectivity index (χ3n) is 3.13. The summed E-state index contributed by atoms with van der Waals surface area (Å²) >= 11 is 3.31. The zero-order chi connectivity index (χ0) is 17.7. The van der Waals surface area contributed by atoms with Gasteiger partial charge in [0, 0.05) is 16.6 Å². The first kappa shape index (κ1) is 18.6. The summed E-state index contributed by atoms with van der Waals surface area (Å²) in [5.74, 6) is -0.797. The van der Waals surface area contributed by atoms with Gasteiger partial charge in [-0.25, -0.2) is 17.5 Å². The molecule has 2 aromatic carbocycles. The molecule has 0 bridgehead atoms. The van der Waals surface area contributed by atoms with Gasteiger partial charge in [0.2, 0.25) is 15.9 Å². The molecule has 2 N–H and O–H groups in total. The Kier molecular flexibility index (Phi) is 6.09. The number of nitrogens with one attached hydrogen (secondary N) is 2. The summed E-state index contributed by atoms with van der Waals surface area (Å²) in [6, 6.07) is 11.6. The molecule has 0 spiro atoms. The van der Waals surface area contributed by atoms with Crippen LogP contribution in [0.3, 0.4) is 0 Å². The number of sulfonamides is 1. The number of halogens is 2. The molecule has 0 radical (unpaired) electrons. The largest absolute Gasteiger partial charge is 0.326 e. The molecule has 128 valence electrons. The number of carbonyl (C=O) groups is 1. The minimum atomic E-state index is -3.54. The van der Waals surface area contributed by atoms with Crippen molar-refractivity contribution in [1.82, 2.24) is 4.72 Å². The number of rotatable bonds is 6. The van der Waals surface area contributed by atoms with Gasteiger partial charge in [-0.3, -0.25) is 4.79 Å². The van der Waals surface area contributed by atoms with E-state index in [4.69, 9.17) is 0 Å². The molecule has 0 aliphatic carbocycles. The average molecular weight is 415 g/mol. The van der Waals surface area contributed by atoms with Crippen LogP contribution in [-0.4, -0.2) is 20.6 Å². The number of hydrogen-bond donors (Lipinski definition) is 2. The second kappa shape index (κ2) is 7.87. The van der Waals surface area contributed by atoms with Crippen molar-refractivity contribution in [2.24, 2.45) is 0 Å². The number of hydrogen-bond acceptors (Lipinski definition) is 3. The maximum atomic E-state index is 13.1. The highest BCUT2D eigenvalue weighted by Gasteiger charge is 2.20. The number of benzene rings is 2. The molecule has 2 rings (SSSR count). The zero-order valence-corrected chi connectivity index (χ0v) is 15.2. The molecule has 0 fully saturated rings. The Morgan fingerprint density at radius 1 is 1.21 bits per heavy atom. The zero-order valence-electron chi connectivity index (χ0n) is 12.8. The normalized spacial score (nSPS) is 12.6. The fourth-order valence-electron chi connectivity index (χ4n) is 2.14. The molecule has 24 heavy (non-hydrogen) atoms. The van der Waals surface area contributed by atoms with Gasteiger partial charge in [-0.15, -0.1) is 0 Å². The Hall–Kier alpha value is -1.77. The quantitative estimate of drug-likeness (QED) is 0.761. The summed E-state index contributed by atoms with van der Waals surface area (Å²) in [5.41, 5.74) is 1.10. The van der Waals surface area contributed by atoms with Crippen molar-refractivity contribution < 1.29 is 17.6 Å². The molecule has 5 nitrogen and oxygen atoms in total. The summed E-state index contributed by atoms with van der Waals surface area (Å²) in [6.07, 6.45) is 0.890. The summed E-state index contributed by atoms with van der Waals surface area (Å²) < 4.78 is 39.3. The van der Waals surface area contributed by atoms with Crippen LogP contribution in [0.5, 0.6) is 0 Å². The lowest BCUT2D eigenvalue weighted by atomic mass is 10.0. The molecule has 0 saturated carbocycles. The maximum absolute atomic E-state index is 13.1. The molecular formula is C16H16BrFN2O3S. The predicted molar refractivity (Wildman–Crippen MR) is 94.5 cm³/mol. The van der Waals surface area contributed by atoms with Crippen LogP contribution in [-0.2, 0) is 14.8 Å². The molecule has 0 heterocycles. The van der Waals surface area contributed by atoms with E-state index in [2.05, 4.69) is 26.0 Å². The van der Waals surface area contributed by atoms with E-state index in [9.17, 15) is 17.6 Å². The van der Waals surface area contributed by atoms with Crippen LogP contribution in [0, 0.1) is 5.82 Å². The molecule has 2 aromatic rings. The molecule has 8 heteroatoms. The molecule has 0 aromatic heterocycles. The minimum Gasteiger partial charge on any atom is -0.326 e. The standard InChI is InChI=1S/C16H16BrFN2O3S/c1-24(22,23)20-15(11-5-7-13(18)8-6-11)10-16(21)19-14-4-2-3-12(17)9-14/h2-9,15,20H,10H2,1H3,(H,19,21)/t15-/m0/s1. The summed E-state index contributed by atoms with van der Waals surface area (Å²) in [4.78, 5) is 12.2. The smallest absolute Gasteiger partial charge is 0.226 e. The molecule has 1 atom stereocenters. The first-order valence-electron chi connectivity index (χ1n) is 7.01. The Bertz CT molecular complexity index is 825. The van der Waals surface area contributed by atoms with E-state index in [1.807, 2.05) is 6.07 Å². The maximum Gasteiger partial charge on any atom is 0.226 e. The lowest BCUT2D eigenvalue weighted by Crippen LogP contribution is -2.30. The second-order valence-corrected chi connectivity index (χ2v) is 7.95. The second-order valence-electron chi connectivity index (χ2n) is 5.26. The van der Waals surface area contributed by atoms with E-state index in [0.29, 0.717) is 11.3 Å². The van der Waals surface area contributed by atoms with Crippen LogP contribution in [0.25, 0.3) is 0 Å². The van der Waals surface area contributed by atoms with Crippen molar-refractivity contribution in [3.8, 4) is 0 Å². The van der Waals surface area contributed by atoms with Crippen LogP contribution in [0.4, 0.5) is 10.1 Å². The predicted octanol–water partition coefficient (Wildman–Crippen LogP) is 3.21. The van der Waals surface area contributed by atoms with Gasteiger partial charge in [0.05, 0.1) is 12.3 Å². The highest BCUT2D eigenvalue weighted by atomic mass is 79.9. The fourth-order valence-corrected chi connectivity index (χ4v) is 3.28. The Balaban J connectivity index is 2.15. The van der Waals surface area contributed by atoms with Crippen molar-refractivity contribution in [2.45, 2.75) is 12.5 Å². The third-order valence-corrected chi connectivity index (χ3v) is 4.33. The number of anilines is 1. The number of amides is 1. The van der Waals surface area contributed by atoms with E-state index in [0.717, 1.165) is 10.7 Å². The lowest BCUT2D eigenvalue weighted by Gasteiger charge is -2.18. The van der Waals surface area contributed by atoms with Gasteiger partial charge in [-0.05, 0) is 35.9 Å². The summed E-state index contributed by atoms with van der Waals surface area (Å²) in [7, 11) is -3.54. The summed E-state index contributed by atoms with van der Waals surface area (Å²) in [6.45, 7) is 0. The van der Waals surface area contributed by atoms with Crippen LogP contribution >= 0.6 is 15.9 Å². The Labute approximate surface area is 148 Å². The monoisotopic (exact) mass is 414 g/mol. The van der Waals surface area contributed by atoms with Crippen LogP contribution in [0.2, 0.25) is 0 Å². The van der Waals surface area contributed by atoms with E-state index in [1.54, 1.807) is 18.2 Å². The topological polar surface area (TPSA) is 75.3 Å². The van der Waals surface area contributed by atoms with Crippen molar-refractivity contribution in [2.75, 3.05) is 11.6 Å². The molecule has 0 aliphatic heterocycles.